The Balaban J connectivity index is 2.32. The van der Waals surface area contributed by atoms with E-state index in [1.807, 2.05) is 0 Å². The highest BCUT2D eigenvalue weighted by Gasteiger charge is 2.36. The minimum absolute atomic E-state index is 0.0540. The van der Waals surface area contributed by atoms with Gasteiger partial charge in [-0.1, -0.05) is 25.4 Å². The summed E-state index contributed by atoms with van der Waals surface area (Å²) in [4.78, 5) is 12.8. The third-order valence-electron chi connectivity index (χ3n) is 6.24. The number of hydrogen-bond acceptors (Lipinski definition) is 5. The second-order valence-electron chi connectivity index (χ2n) is 9.40. The Labute approximate surface area is 223 Å². The molecule has 0 aliphatic rings. The number of aliphatic hydroxyl groups is 1. The van der Waals surface area contributed by atoms with Gasteiger partial charge < -0.3 is 10.4 Å². The monoisotopic (exact) mass is 587 g/mol. The van der Waals surface area contributed by atoms with Gasteiger partial charge in [-0.25, -0.2) is 17.2 Å². The number of hydrogen-bond donors (Lipinski definition) is 2. The number of carbonyl (C=O) groups is 1. The van der Waals surface area contributed by atoms with E-state index in [0.29, 0.717) is 0 Å². The molecule has 0 saturated carbocycles. The predicted octanol–water partition coefficient (Wildman–Crippen LogP) is 4.94. The first kappa shape index (κ1) is 32.0. The van der Waals surface area contributed by atoms with Gasteiger partial charge in [-0.2, -0.15) is 18.3 Å². The molecule has 0 aliphatic heterocycles. The van der Waals surface area contributed by atoms with Crippen LogP contribution in [-0.4, -0.2) is 59.5 Å². The Hall–Kier alpha value is -2.25. The van der Waals surface area contributed by atoms with Crippen LogP contribution >= 0.6 is 11.6 Å². The van der Waals surface area contributed by atoms with Gasteiger partial charge in [0.2, 0.25) is 0 Å². The Kier molecular flexibility index (Phi) is 10.3. The normalized spacial score (nSPS) is 14.8. The SMILES string of the molecule is CCn1nc(C(=O)NCC(O)(CC)CCCS(C)(=O)=O)c(Cl)c1-c1c(F)cc(C[C@@H](C)C(F)(F)F)cc1F. The third-order valence-corrected chi connectivity index (χ3v) is 7.63. The molecule has 2 rings (SSSR count). The molecule has 7 nitrogen and oxygen atoms in total. The van der Waals surface area contributed by atoms with Gasteiger partial charge in [0.25, 0.3) is 5.91 Å². The number of rotatable bonds is 12. The first-order valence-electron chi connectivity index (χ1n) is 11.9. The molecule has 1 aromatic heterocycles. The number of aromatic nitrogens is 2. The Morgan fingerprint density at radius 1 is 1.21 bits per heavy atom. The summed E-state index contributed by atoms with van der Waals surface area (Å²) in [7, 11) is -3.23. The van der Waals surface area contributed by atoms with E-state index in [1.54, 1.807) is 13.8 Å². The van der Waals surface area contributed by atoms with E-state index >= 15 is 8.78 Å². The van der Waals surface area contributed by atoms with Gasteiger partial charge in [-0.3, -0.25) is 9.48 Å². The molecule has 0 spiro atoms. The van der Waals surface area contributed by atoms with Gasteiger partial charge in [0.05, 0.1) is 27.8 Å². The quantitative estimate of drug-likeness (QED) is 0.343. The highest BCUT2D eigenvalue weighted by Crippen LogP contribution is 2.36. The maximum absolute atomic E-state index is 15.0. The van der Waals surface area contributed by atoms with Crippen molar-refractivity contribution in [2.75, 3.05) is 18.6 Å². The maximum atomic E-state index is 15.0. The second kappa shape index (κ2) is 12.3. The molecule has 2 N–H and O–H groups in total. The van der Waals surface area contributed by atoms with E-state index in [0.717, 1.165) is 30.0 Å². The molecule has 1 heterocycles. The van der Waals surface area contributed by atoms with Crippen LogP contribution in [0, 0.1) is 17.6 Å². The minimum atomic E-state index is -4.53. The zero-order valence-corrected chi connectivity index (χ0v) is 23.0. The van der Waals surface area contributed by atoms with Crippen LogP contribution < -0.4 is 5.32 Å². The van der Waals surface area contributed by atoms with Crippen LogP contribution in [-0.2, 0) is 22.8 Å². The van der Waals surface area contributed by atoms with E-state index in [-0.39, 0.29) is 60.1 Å². The van der Waals surface area contributed by atoms with Crippen LogP contribution in [0.4, 0.5) is 22.0 Å². The van der Waals surface area contributed by atoms with E-state index in [1.165, 1.54) is 0 Å². The average Bonchev–Trinajstić information content (AvgIpc) is 3.11. The summed E-state index contributed by atoms with van der Waals surface area (Å²) in [6.07, 6.45) is -3.62. The lowest BCUT2D eigenvalue weighted by atomic mass is 9.95. The first-order chi connectivity index (χ1) is 17.4. The fraction of sp³-hybridized carbons (Fsp3) is 0.583. The lowest BCUT2D eigenvalue weighted by Gasteiger charge is -2.26. The van der Waals surface area contributed by atoms with Crippen molar-refractivity contribution in [1.82, 2.24) is 15.1 Å². The zero-order valence-electron chi connectivity index (χ0n) is 21.4. The van der Waals surface area contributed by atoms with E-state index < -0.39 is 57.1 Å². The van der Waals surface area contributed by atoms with Crippen LogP contribution in [0.1, 0.15) is 56.1 Å². The molecule has 14 heteroatoms. The van der Waals surface area contributed by atoms with Crippen molar-refractivity contribution in [2.24, 2.45) is 5.92 Å². The number of benzene rings is 1. The summed E-state index contributed by atoms with van der Waals surface area (Å²) in [5, 5.41) is 16.9. The van der Waals surface area contributed by atoms with Crippen molar-refractivity contribution in [3.8, 4) is 11.3 Å². The number of halogens is 6. The fourth-order valence-electron chi connectivity index (χ4n) is 3.87. The van der Waals surface area contributed by atoms with Crippen molar-refractivity contribution < 1.29 is 40.3 Å². The summed E-state index contributed by atoms with van der Waals surface area (Å²) in [5.41, 5.74) is -2.88. The molecule has 1 unspecified atom stereocenters. The molecule has 0 bridgehead atoms. The minimum Gasteiger partial charge on any atom is -0.388 e. The van der Waals surface area contributed by atoms with E-state index in [2.05, 4.69) is 10.4 Å². The van der Waals surface area contributed by atoms with Crippen molar-refractivity contribution in [1.29, 1.82) is 0 Å². The van der Waals surface area contributed by atoms with Crippen LogP contribution in [0.2, 0.25) is 5.02 Å². The molecule has 0 saturated heterocycles. The standard InChI is InChI=1S/C24H31ClF5N3O4S/c1-5-23(35,8-7-9-38(4,36)37)13-31-22(34)20-19(25)21(33(6-2)32-20)18-16(26)11-15(12-17(18)27)10-14(3)24(28,29)30/h11-12,14,35H,5-10,13H2,1-4H3,(H,31,34)/t14-,23?/m1/s1. The van der Waals surface area contributed by atoms with Gasteiger partial charge in [0, 0.05) is 25.1 Å². The molecule has 38 heavy (non-hydrogen) atoms. The van der Waals surface area contributed by atoms with Crippen molar-refractivity contribution in [2.45, 2.75) is 64.8 Å². The molecular formula is C24H31ClF5N3O4S. The van der Waals surface area contributed by atoms with Gasteiger partial charge in [0.15, 0.2) is 5.69 Å². The molecule has 0 radical (unpaired) electrons. The number of aryl methyl sites for hydroxylation is 1. The summed E-state index contributed by atoms with van der Waals surface area (Å²) in [5.74, 6) is -5.12. The van der Waals surface area contributed by atoms with Crippen LogP contribution in [0.5, 0.6) is 0 Å². The smallest absolute Gasteiger partial charge is 0.388 e. The number of carbonyl (C=O) groups excluding carboxylic acids is 1. The number of alkyl halides is 3. The molecule has 0 aliphatic carbocycles. The van der Waals surface area contributed by atoms with Gasteiger partial charge in [0.1, 0.15) is 21.5 Å². The lowest BCUT2D eigenvalue weighted by Crippen LogP contribution is -2.43. The fourth-order valence-corrected chi connectivity index (χ4v) is 4.86. The highest BCUT2D eigenvalue weighted by atomic mass is 35.5. The molecule has 214 valence electrons. The molecule has 2 aromatic rings. The number of sulfone groups is 1. The topological polar surface area (TPSA) is 101 Å². The second-order valence-corrected chi connectivity index (χ2v) is 12.0. The average molecular weight is 588 g/mol. The largest absolute Gasteiger partial charge is 0.391 e. The molecular weight excluding hydrogens is 557 g/mol. The molecule has 2 atom stereocenters. The predicted molar refractivity (Wildman–Crippen MR) is 134 cm³/mol. The van der Waals surface area contributed by atoms with Crippen LogP contribution in [0.25, 0.3) is 11.3 Å². The van der Waals surface area contributed by atoms with Crippen molar-refractivity contribution in [3.05, 3.63) is 40.0 Å². The van der Waals surface area contributed by atoms with E-state index in [9.17, 15) is 31.5 Å². The first-order valence-corrected chi connectivity index (χ1v) is 14.4. The zero-order chi connectivity index (χ0) is 29.1. The molecule has 0 fully saturated rings. The maximum Gasteiger partial charge on any atom is 0.391 e. The Bertz CT molecular complexity index is 1240. The number of nitrogens with one attached hydrogen (secondary N) is 1. The number of amides is 1. The summed E-state index contributed by atoms with van der Waals surface area (Å²) in [6, 6.07) is 1.59. The summed E-state index contributed by atoms with van der Waals surface area (Å²) < 4.78 is 92.5. The Morgan fingerprint density at radius 3 is 2.26 bits per heavy atom. The van der Waals surface area contributed by atoms with E-state index in [4.69, 9.17) is 11.6 Å². The molecule has 1 amide bonds. The van der Waals surface area contributed by atoms with Gasteiger partial charge in [-0.15, -0.1) is 0 Å². The van der Waals surface area contributed by atoms with Gasteiger partial charge in [-0.05, 0) is 50.3 Å². The lowest BCUT2D eigenvalue weighted by molar-refractivity contribution is -0.169. The van der Waals surface area contributed by atoms with Crippen molar-refractivity contribution >= 4 is 27.3 Å². The van der Waals surface area contributed by atoms with Gasteiger partial charge >= 0.3 is 6.18 Å². The van der Waals surface area contributed by atoms with Crippen LogP contribution in [0.15, 0.2) is 12.1 Å². The summed E-state index contributed by atoms with van der Waals surface area (Å²) in [6.45, 7) is 3.95. The van der Waals surface area contributed by atoms with Crippen LogP contribution in [0.3, 0.4) is 0 Å². The van der Waals surface area contributed by atoms with Crippen molar-refractivity contribution in [3.63, 3.8) is 0 Å². The number of nitrogens with zero attached hydrogens (tertiary/aromatic N) is 2. The third kappa shape index (κ3) is 8.12. The highest BCUT2D eigenvalue weighted by molar-refractivity contribution is 7.90. The summed E-state index contributed by atoms with van der Waals surface area (Å²) >= 11 is 6.33. The molecule has 1 aromatic carbocycles. The Morgan fingerprint density at radius 2 is 1.79 bits per heavy atom.